The molecule has 1 rings (SSSR count). The highest BCUT2D eigenvalue weighted by molar-refractivity contribution is 5.86. The maximum absolute atomic E-state index is 11.0. The van der Waals surface area contributed by atoms with Crippen LogP contribution in [-0.4, -0.2) is 31.2 Å². The zero-order valence-electron chi connectivity index (χ0n) is 10.4. The fourth-order valence-corrected chi connectivity index (χ4v) is 1.69. The Hall–Kier alpha value is -1.41. The number of esters is 1. The first-order chi connectivity index (χ1) is 8.20. The van der Waals surface area contributed by atoms with Gasteiger partial charge < -0.3 is 4.74 Å². The van der Waals surface area contributed by atoms with E-state index in [0.29, 0.717) is 18.2 Å². The Balaban J connectivity index is 2.14. The van der Waals surface area contributed by atoms with Crippen LogP contribution in [0.1, 0.15) is 39.0 Å². The van der Waals surface area contributed by atoms with Gasteiger partial charge in [-0.2, -0.15) is 0 Å². The number of hydrogen-bond acceptors (Lipinski definition) is 4. The van der Waals surface area contributed by atoms with Crippen LogP contribution < -0.4 is 0 Å². The van der Waals surface area contributed by atoms with Crippen LogP contribution in [0.15, 0.2) is 22.1 Å². The zero-order valence-corrected chi connectivity index (χ0v) is 10.4. The largest absolute Gasteiger partial charge is 0.460 e. The fourth-order valence-electron chi connectivity index (χ4n) is 1.69. The number of rotatable bonds is 5. The third-order valence-electron chi connectivity index (χ3n) is 2.67. The first kappa shape index (κ1) is 13.7. The van der Waals surface area contributed by atoms with E-state index in [0.717, 1.165) is 12.8 Å². The number of carbonyl (C=O) groups excluding carboxylic acids is 1. The summed E-state index contributed by atoms with van der Waals surface area (Å²) in [6.45, 7) is 5.79. The van der Waals surface area contributed by atoms with Crippen LogP contribution in [0.3, 0.4) is 0 Å². The predicted molar refractivity (Wildman–Crippen MR) is 67.4 cm³/mol. The molecule has 0 heterocycles. The van der Waals surface area contributed by atoms with E-state index in [4.69, 9.17) is 4.74 Å². The van der Waals surface area contributed by atoms with E-state index in [1.165, 1.54) is 19.3 Å². The molecule has 0 aromatic carbocycles. The SMILES string of the molecule is C=C(C)C(=O)OCCN=C=NC1CCCCC1. The molecule has 0 atom stereocenters. The Morgan fingerprint density at radius 1 is 1.41 bits per heavy atom. The quantitative estimate of drug-likeness (QED) is 0.319. The molecule has 4 heteroatoms. The van der Waals surface area contributed by atoms with Gasteiger partial charge in [0, 0.05) is 5.57 Å². The minimum absolute atomic E-state index is 0.263. The molecule has 1 fully saturated rings. The van der Waals surface area contributed by atoms with E-state index < -0.39 is 0 Å². The second-order valence-corrected chi connectivity index (χ2v) is 4.32. The van der Waals surface area contributed by atoms with Crippen LogP contribution >= 0.6 is 0 Å². The smallest absolute Gasteiger partial charge is 0.333 e. The van der Waals surface area contributed by atoms with Gasteiger partial charge in [-0.15, -0.1) is 0 Å². The van der Waals surface area contributed by atoms with Gasteiger partial charge in [0.1, 0.15) is 6.61 Å². The Bertz CT molecular complexity index is 324. The van der Waals surface area contributed by atoms with E-state index in [2.05, 4.69) is 22.6 Å². The zero-order chi connectivity index (χ0) is 12.5. The minimum Gasteiger partial charge on any atom is -0.460 e. The molecule has 94 valence electrons. The molecule has 1 aliphatic carbocycles. The molecule has 1 saturated carbocycles. The van der Waals surface area contributed by atoms with Crippen molar-refractivity contribution in [3.63, 3.8) is 0 Å². The molecule has 17 heavy (non-hydrogen) atoms. The van der Waals surface area contributed by atoms with Crippen LogP contribution in [-0.2, 0) is 9.53 Å². The summed E-state index contributed by atoms with van der Waals surface area (Å²) in [4.78, 5) is 19.2. The highest BCUT2D eigenvalue weighted by Crippen LogP contribution is 2.19. The summed E-state index contributed by atoms with van der Waals surface area (Å²) in [5.41, 5.74) is 0.407. The average molecular weight is 236 g/mol. The second kappa shape index (κ2) is 7.80. The standard InChI is InChI=1S/C13H20N2O2/c1-11(2)13(16)17-9-8-14-10-15-12-6-4-3-5-7-12/h12H,1,3-9H2,2H3. The fraction of sp³-hybridized carbons (Fsp3) is 0.692. The number of aliphatic imine (C=N–C) groups is 2. The van der Waals surface area contributed by atoms with Gasteiger partial charge in [-0.3, -0.25) is 0 Å². The van der Waals surface area contributed by atoms with Gasteiger partial charge in [0.2, 0.25) is 0 Å². The van der Waals surface area contributed by atoms with Gasteiger partial charge >= 0.3 is 5.97 Å². The Morgan fingerprint density at radius 2 is 2.12 bits per heavy atom. The highest BCUT2D eigenvalue weighted by atomic mass is 16.5. The van der Waals surface area contributed by atoms with E-state index in [9.17, 15) is 4.79 Å². The molecule has 0 aromatic rings. The molecule has 0 bridgehead atoms. The first-order valence-electron chi connectivity index (χ1n) is 6.14. The second-order valence-electron chi connectivity index (χ2n) is 4.32. The summed E-state index contributed by atoms with van der Waals surface area (Å²) in [5, 5.41) is 0. The molecule has 0 unspecified atom stereocenters. The van der Waals surface area contributed by atoms with Crippen LogP contribution in [0.25, 0.3) is 0 Å². The van der Waals surface area contributed by atoms with Crippen LogP contribution in [0, 0.1) is 0 Å². The molecule has 0 saturated heterocycles. The molecular weight excluding hydrogens is 216 g/mol. The summed E-state index contributed by atoms with van der Waals surface area (Å²) in [5.74, 6) is -0.371. The van der Waals surface area contributed by atoms with Crippen molar-refractivity contribution in [2.45, 2.75) is 45.1 Å². The van der Waals surface area contributed by atoms with Gasteiger partial charge in [0.15, 0.2) is 0 Å². The van der Waals surface area contributed by atoms with Gasteiger partial charge in [-0.1, -0.05) is 25.8 Å². The average Bonchev–Trinajstić information content (AvgIpc) is 2.34. The predicted octanol–water partition coefficient (Wildman–Crippen LogP) is 2.61. The molecule has 0 aromatic heterocycles. The van der Waals surface area contributed by atoms with Crippen molar-refractivity contribution in [3.05, 3.63) is 12.2 Å². The lowest BCUT2D eigenvalue weighted by Gasteiger charge is -2.15. The number of carbonyl (C=O) groups is 1. The summed E-state index contributed by atoms with van der Waals surface area (Å²) >= 11 is 0. The minimum atomic E-state index is -0.371. The monoisotopic (exact) mass is 236 g/mol. The van der Waals surface area contributed by atoms with Crippen molar-refractivity contribution in [2.75, 3.05) is 13.2 Å². The van der Waals surface area contributed by atoms with Crippen LogP contribution in [0.4, 0.5) is 0 Å². The third-order valence-corrected chi connectivity index (χ3v) is 2.67. The van der Waals surface area contributed by atoms with Crippen molar-refractivity contribution in [2.24, 2.45) is 9.98 Å². The normalized spacial score (nSPS) is 15.8. The van der Waals surface area contributed by atoms with Crippen LogP contribution in [0.5, 0.6) is 0 Å². The van der Waals surface area contributed by atoms with Gasteiger partial charge in [-0.05, 0) is 19.8 Å². The maximum atomic E-state index is 11.0. The highest BCUT2D eigenvalue weighted by Gasteiger charge is 2.10. The van der Waals surface area contributed by atoms with Gasteiger partial charge in [0.25, 0.3) is 0 Å². The van der Waals surface area contributed by atoms with Crippen molar-refractivity contribution >= 4 is 12.0 Å². The molecule has 0 amide bonds. The van der Waals surface area contributed by atoms with Gasteiger partial charge in [0.05, 0.1) is 18.6 Å². The lowest BCUT2D eigenvalue weighted by Crippen LogP contribution is -2.09. The summed E-state index contributed by atoms with van der Waals surface area (Å²) in [6, 6.07) is 3.09. The lowest BCUT2D eigenvalue weighted by atomic mass is 9.96. The molecule has 0 spiro atoms. The van der Waals surface area contributed by atoms with Crippen LogP contribution in [0.2, 0.25) is 0 Å². The number of ether oxygens (including phenoxy) is 1. The summed E-state index contributed by atoms with van der Waals surface area (Å²) < 4.78 is 4.88. The Morgan fingerprint density at radius 3 is 2.76 bits per heavy atom. The lowest BCUT2D eigenvalue weighted by molar-refractivity contribution is -0.138. The first-order valence-corrected chi connectivity index (χ1v) is 6.14. The topological polar surface area (TPSA) is 51.0 Å². The summed E-state index contributed by atoms with van der Waals surface area (Å²) in [7, 11) is 0. The number of nitrogens with zero attached hydrogens (tertiary/aromatic N) is 2. The van der Waals surface area contributed by atoms with E-state index in [1.807, 2.05) is 0 Å². The third kappa shape index (κ3) is 6.03. The molecule has 1 aliphatic rings. The van der Waals surface area contributed by atoms with Gasteiger partial charge in [-0.25, -0.2) is 14.8 Å². The Labute approximate surface area is 102 Å². The van der Waals surface area contributed by atoms with Crippen molar-refractivity contribution in [1.29, 1.82) is 0 Å². The van der Waals surface area contributed by atoms with Crippen molar-refractivity contribution in [3.8, 4) is 0 Å². The molecule has 4 nitrogen and oxygen atoms in total. The maximum Gasteiger partial charge on any atom is 0.333 e. The van der Waals surface area contributed by atoms with Crippen molar-refractivity contribution in [1.82, 2.24) is 0 Å². The number of hydrogen-bond donors (Lipinski definition) is 0. The van der Waals surface area contributed by atoms with E-state index >= 15 is 0 Å². The van der Waals surface area contributed by atoms with Crippen molar-refractivity contribution < 1.29 is 9.53 Å². The Kier molecular flexibility index (Phi) is 6.26. The molecular formula is C13H20N2O2. The molecule has 0 radical (unpaired) electrons. The molecule has 0 N–H and O–H groups in total. The molecule has 0 aliphatic heterocycles. The van der Waals surface area contributed by atoms with E-state index in [-0.39, 0.29) is 12.6 Å². The summed E-state index contributed by atoms with van der Waals surface area (Å²) in [6.07, 6.45) is 6.12. The van der Waals surface area contributed by atoms with E-state index in [1.54, 1.807) is 6.92 Å².